The lowest BCUT2D eigenvalue weighted by molar-refractivity contribution is -0.136. The molecule has 2 aromatic carbocycles. The van der Waals surface area contributed by atoms with Gasteiger partial charge in [0.2, 0.25) is 0 Å². The third-order valence-corrected chi connectivity index (χ3v) is 5.71. The molecule has 0 radical (unpaired) electrons. The van der Waals surface area contributed by atoms with Crippen LogP contribution >= 0.6 is 0 Å². The molecule has 0 amide bonds. The first-order valence-corrected chi connectivity index (χ1v) is 11.0. The van der Waals surface area contributed by atoms with Crippen LogP contribution < -0.4 is 5.32 Å². The fraction of sp³-hybridized carbons (Fsp3) is 0.185. The Hall–Kier alpha value is -4.26. The molecule has 0 aliphatic rings. The van der Waals surface area contributed by atoms with Crippen LogP contribution in [0, 0.1) is 19.3 Å². The molecule has 4 rings (SSSR count). The molecule has 7 heteroatoms. The molecule has 3 N–H and O–H groups in total. The Balaban J connectivity index is 1.73. The number of rotatable bonds is 8. The fourth-order valence-corrected chi connectivity index (χ4v) is 3.99. The molecule has 0 fully saturated rings. The Kier molecular flexibility index (Phi) is 6.54. The van der Waals surface area contributed by atoms with Gasteiger partial charge in [0, 0.05) is 28.6 Å². The van der Waals surface area contributed by atoms with Gasteiger partial charge in [-0.15, -0.1) is 0 Å². The zero-order valence-electron chi connectivity index (χ0n) is 19.3. The molecule has 34 heavy (non-hydrogen) atoms. The number of carboxylic acid groups (broad SMARTS) is 1. The minimum atomic E-state index is -0.882. The third kappa shape index (κ3) is 4.88. The van der Waals surface area contributed by atoms with E-state index in [1.54, 1.807) is 30.5 Å². The lowest BCUT2D eigenvalue weighted by Crippen LogP contribution is -2.13. The van der Waals surface area contributed by atoms with Crippen LogP contribution in [0.4, 0.5) is 5.69 Å². The van der Waals surface area contributed by atoms with Crippen LogP contribution in [-0.4, -0.2) is 26.9 Å². The van der Waals surface area contributed by atoms with E-state index in [-0.39, 0.29) is 12.5 Å². The number of hydrogen-bond donors (Lipinski definition) is 3. The van der Waals surface area contributed by atoms with Gasteiger partial charge in [-0.25, -0.2) is 0 Å². The maximum Gasteiger partial charge on any atom is 0.307 e. The SMILES string of the molecule is Cc1noc(C)c1-c1ccc(C(=N)c2ccc(CC(=O)O)cc2)c(N[C@@H](C)c2ccccn2)c1. The van der Waals surface area contributed by atoms with Crippen LogP contribution in [0.25, 0.3) is 11.1 Å². The summed E-state index contributed by atoms with van der Waals surface area (Å²) < 4.78 is 5.36. The second-order valence-corrected chi connectivity index (χ2v) is 8.22. The van der Waals surface area contributed by atoms with Crippen LogP contribution in [0.3, 0.4) is 0 Å². The van der Waals surface area contributed by atoms with Crippen LogP contribution in [-0.2, 0) is 11.2 Å². The summed E-state index contributed by atoms with van der Waals surface area (Å²) >= 11 is 0. The van der Waals surface area contributed by atoms with E-state index in [9.17, 15) is 4.79 Å². The summed E-state index contributed by atoms with van der Waals surface area (Å²) in [5.74, 6) is -0.147. The Bertz CT molecular complexity index is 1310. The average Bonchev–Trinajstić information content (AvgIpc) is 3.17. The van der Waals surface area contributed by atoms with Crippen molar-refractivity contribution in [2.45, 2.75) is 33.2 Å². The van der Waals surface area contributed by atoms with Gasteiger partial charge in [-0.3, -0.25) is 15.2 Å². The van der Waals surface area contributed by atoms with Crippen molar-refractivity contribution in [3.8, 4) is 11.1 Å². The van der Waals surface area contributed by atoms with E-state index >= 15 is 0 Å². The lowest BCUT2D eigenvalue weighted by Gasteiger charge is -2.20. The highest BCUT2D eigenvalue weighted by Gasteiger charge is 2.18. The molecule has 0 saturated carbocycles. The van der Waals surface area contributed by atoms with Gasteiger partial charge in [-0.2, -0.15) is 0 Å². The predicted molar refractivity (Wildman–Crippen MR) is 131 cm³/mol. The van der Waals surface area contributed by atoms with Gasteiger partial charge in [-0.05, 0) is 50.1 Å². The second-order valence-electron chi connectivity index (χ2n) is 8.22. The number of aliphatic carboxylic acids is 1. The highest BCUT2D eigenvalue weighted by molar-refractivity contribution is 6.14. The van der Waals surface area contributed by atoms with Gasteiger partial charge < -0.3 is 14.9 Å². The number of pyridine rings is 1. The monoisotopic (exact) mass is 454 g/mol. The first kappa shape index (κ1) is 22.9. The Morgan fingerprint density at radius 1 is 1.12 bits per heavy atom. The molecular weight excluding hydrogens is 428 g/mol. The second kappa shape index (κ2) is 9.70. The van der Waals surface area contributed by atoms with Crippen LogP contribution in [0.5, 0.6) is 0 Å². The number of aryl methyl sites for hydroxylation is 2. The molecule has 0 aliphatic heterocycles. The minimum absolute atomic E-state index is 0.0475. The molecule has 2 heterocycles. The third-order valence-electron chi connectivity index (χ3n) is 5.71. The number of hydrogen-bond acceptors (Lipinski definition) is 6. The molecule has 0 spiro atoms. The molecule has 2 aromatic heterocycles. The minimum Gasteiger partial charge on any atom is -0.481 e. The average molecular weight is 455 g/mol. The van der Waals surface area contributed by atoms with E-state index in [1.807, 2.05) is 57.2 Å². The van der Waals surface area contributed by atoms with E-state index in [0.717, 1.165) is 39.5 Å². The quantitative estimate of drug-likeness (QED) is 0.300. The number of aromatic nitrogens is 2. The van der Waals surface area contributed by atoms with Crippen molar-refractivity contribution >= 4 is 17.4 Å². The predicted octanol–water partition coefficient (Wildman–Crippen LogP) is 5.57. The molecule has 0 aliphatic carbocycles. The summed E-state index contributed by atoms with van der Waals surface area (Å²) in [6.07, 6.45) is 1.71. The van der Waals surface area contributed by atoms with Gasteiger partial charge in [0.25, 0.3) is 0 Å². The van der Waals surface area contributed by atoms with Gasteiger partial charge in [-0.1, -0.05) is 47.6 Å². The maximum absolute atomic E-state index is 11.0. The Labute approximate surface area is 198 Å². The largest absolute Gasteiger partial charge is 0.481 e. The summed E-state index contributed by atoms with van der Waals surface area (Å²) in [5, 5.41) is 25.5. The van der Waals surface area contributed by atoms with E-state index in [4.69, 9.17) is 15.0 Å². The number of carboxylic acids is 1. The van der Waals surface area contributed by atoms with Crippen LogP contribution in [0.1, 0.15) is 46.8 Å². The summed E-state index contributed by atoms with van der Waals surface area (Å²) in [7, 11) is 0. The highest BCUT2D eigenvalue weighted by Crippen LogP contribution is 2.33. The zero-order chi connectivity index (χ0) is 24.2. The number of carbonyl (C=O) groups is 1. The lowest BCUT2D eigenvalue weighted by atomic mass is 9.95. The van der Waals surface area contributed by atoms with Gasteiger partial charge in [0.05, 0.1) is 29.6 Å². The van der Waals surface area contributed by atoms with Crippen molar-refractivity contribution in [2.75, 3.05) is 5.32 Å². The number of nitrogens with one attached hydrogen (secondary N) is 2. The fourth-order valence-electron chi connectivity index (χ4n) is 3.99. The van der Waals surface area contributed by atoms with Crippen molar-refractivity contribution in [3.05, 3.63) is 101 Å². The molecule has 0 unspecified atom stereocenters. The van der Waals surface area contributed by atoms with Gasteiger partial charge in [0.1, 0.15) is 5.76 Å². The number of nitrogens with zero attached hydrogens (tertiary/aromatic N) is 2. The number of anilines is 1. The summed E-state index contributed by atoms with van der Waals surface area (Å²) in [6.45, 7) is 5.82. The van der Waals surface area contributed by atoms with Crippen molar-refractivity contribution < 1.29 is 14.4 Å². The Morgan fingerprint density at radius 3 is 2.50 bits per heavy atom. The molecule has 0 saturated heterocycles. The molecule has 7 nitrogen and oxygen atoms in total. The summed E-state index contributed by atoms with van der Waals surface area (Å²) in [6, 6.07) is 18.7. The normalized spacial score (nSPS) is 11.7. The molecule has 0 bridgehead atoms. The van der Waals surface area contributed by atoms with Crippen molar-refractivity contribution in [2.24, 2.45) is 0 Å². The molecule has 4 aromatic rings. The van der Waals surface area contributed by atoms with Gasteiger partial charge >= 0.3 is 5.97 Å². The van der Waals surface area contributed by atoms with E-state index in [2.05, 4.69) is 15.5 Å². The number of benzene rings is 2. The summed E-state index contributed by atoms with van der Waals surface area (Å²) in [4.78, 5) is 15.4. The van der Waals surface area contributed by atoms with Crippen molar-refractivity contribution in [3.63, 3.8) is 0 Å². The van der Waals surface area contributed by atoms with Crippen LogP contribution in [0.2, 0.25) is 0 Å². The standard InChI is InChI=1S/C27H26N4O3/c1-16(23-6-4-5-13-29-23)30-24-15-21(26-17(2)31-34-18(26)3)11-12-22(24)27(28)20-9-7-19(8-10-20)14-25(32)33/h4-13,15-16,28,30H,14H2,1-3H3,(H,32,33)/t16-/m0/s1. The van der Waals surface area contributed by atoms with E-state index in [0.29, 0.717) is 16.8 Å². The first-order valence-electron chi connectivity index (χ1n) is 11.0. The first-order chi connectivity index (χ1) is 16.3. The van der Waals surface area contributed by atoms with Gasteiger partial charge in [0.15, 0.2) is 0 Å². The van der Waals surface area contributed by atoms with E-state index in [1.165, 1.54) is 0 Å². The summed E-state index contributed by atoms with van der Waals surface area (Å²) in [5.41, 5.74) is 6.82. The van der Waals surface area contributed by atoms with Crippen molar-refractivity contribution in [1.82, 2.24) is 10.1 Å². The van der Waals surface area contributed by atoms with E-state index < -0.39 is 5.97 Å². The Morgan fingerprint density at radius 2 is 1.88 bits per heavy atom. The topological polar surface area (TPSA) is 112 Å². The molecular formula is C27H26N4O3. The van der Waals surface area contributed by atoms with Crippen LogP contribution in [0.15, 0.2) is 71.4 Å². The molecule has 172 valence electrons. The zero-order valence-corrected chi connectivity index (χ0v) is 19.3. The molecule has 1 atom stereocenters. The highest BCUT2D eigenvalue weighted by atomic mass is 16.5. The van der Waals surface area contributed by atoms with Crippen molar-refractivity contribution in [1.29, 1.82) is 5.41 Å². The smallest absolute Gasteiger partial charge is 0.307 e. The maximum atomic E-state index is 11.0.